The van der Waals surface area contributed by atoms with Crippen LogP contribution in [0.15, 0.2) is 152 Å². The molecule has 0 saturated carbocycles. The molecule has 1 aliphatic carbocycles. The van der Waals surface area contributed by atoms with Crippen molar-refractivity contribution in [1.29, 1.82) is 0 Å². The number of aryl methyl sites for hydroxylation is 1. The van der Waals surface area contributed by atoms with Gasteiger partial charge in [-0.2, -0.15) is 0 Å². The van der Waals surface area contributed by atoms with E-state index in [-0.39, 0.29) is 0 Å². The standard InChI is InChI=1S/C46H37N5/c1-2-10-23-39-37(21-9-1)38-22-11-12-24-40(38)51(39)36-30-34(43-45(32-17-5-3-6-18-32)49-27-15-13-25-41(49)47-43)29-35(31-36)44-46(33-19-7-4-8-20-33)50-28-16-14-26-42(50)48-44/h3-8,11-20,22,24-31H,1-2,9-10,21,23H2. The van der Waals surface area contributed by atoms with Crippen molar-refractivity contribution in [3.8, 4) is 50.7 Å². The number of pyridine rings is 2. The molecule has 0 aliphatic heterocycles. The fourth-order valence-electron chi connectivity index (χ4n) is 8.30. The van der Waals surface area contributed by atoms with Gasteiger partial charge in [0.2, 0.25) is 0 Å². The molecule has 0 atom stereocenters. The fraction of sp³-hybridized carbons (Fsp3) is 0.130. The van der Waals surface area contributed by atoms with Gasteiger partial charge < -0.3 is 4.57 Å². The van der Waals surface area contributed by atoms with Crippen LogP contribution in [0.25, 0.3) is 72.9 Å². The van der Waals surface area contributed by atoms with E-state index >= 15 is 0 Å². The van der Waals surface area contributed by atoms with Crippen molar-refractivity contribution in [2.24, 2.45) is 0 Å². The van der Waals surface area contributed by atoms with Crippen LogP contribution in [0.2, 0.25) is 0 Å². The molecule has 5 aromatic heterocycles. The number of hydrogen-bond donors (Lipinski definition) is 0. The van der Waals surface area contributed by atoms with Gasteiger partial charge in [-0.3, -0.25) is 8.80 Å². The van der Waals surface area contributed by atoms with Crippen molar-refractivity contribution >= 4 is 22.2 Å². The zero-order chi connectivity index (χ0) is 33.7. The topological polar surface area (TPSA) is 39.5 Å². The summed E-state index contributed by atoms with van der Waals surface area (Å²) < 4.78 is 6.99. The molecule has 0 saturated heterocycles. The number of imidazole rings is 2. The lowest BCUT2D eigenvalue weighted by Crippen LogP contribution is -2.05. The molecule has 246 valence electrons. The normalized spacial score (nSPS) is 13.4. The van der Waals surface area contributed by atoms with Gasteiger partial charge >= 0.3 is 0 Å². The average molecular weight is 660 g/mol. The quantitative estimate of drug-likeness (QED) is 0.184. The Bertz CT molecular complexity index is 2560. The third-order valence-corrected chi connectivity index (χ3v) is 10.6. The van der Waals surface area contributed by atoms with Crippen LogP contribution in [0.4, 0.5) is 0 Å². The van der Waals surface area contributed by atoms with Crippen molar-refractivity contribution in [2.45, 2.75) is 38.5 Å². The van der Waals surface area contributed by atoms with Gasteiger partial charge in [0, 0.05) is 51.4 Å². The minimum Gasteiger partial charge on any atom is -0.313 e. The van der Waals surface area contributed by atoms with Crippen LogP contribution in [0.1, 0.15) is 36.9 Å². The Kier molecular flexibility index (Phi) is 7.16. The molecule has 10 rings (SSSR count). The van der Waals surface area contributed by atoms with Crippen molar-refractivity contribution in [3.63, 3.8) is 0 Å². The van der Waals surface area contributed by atoms with E-state index in [1.165, 1.54) is 47.8 Å². The van der Waals surface area contributed by atoms with E-state index in [0.717, 1.165) is 74.9 Å². The van der Waals surface area contributed by atoms with E-state index in [0.29, 0.717) is 0 Å². The van der Waals surface area contributed by atoms with Gasteiger partial charge in [-0.1, -0.05) is 104 Å². The number of hydrogen-bond acceptors (Lipinski definition) is 2. The third kappa shape index (κ3) is 4.99. The highest BCUT2D eigenvalue weighted by Gasteiger charge is 2.24. The summed E-state index contributed by atoms with van der Waals surface area (Å²) >= 11 is 0. The van der Waals surface area contributed by atoms with Gasteiger partial charge in [-0.25, -0.2) is 9.97 Å². The Hall–Kier alpha value is -6.20. The highest BCUT2D eigenvalue weighted by molar-refractivity contribution is 5.91. The van der Waals surface area contributed by atoms with Crippen molar-refractivity contribution in [1.82, 2.24) is 23.3 Å². The largest absolute Gasteiger partial charge is 0.313 e. The number of rotatable bonds is 5. The Morgan fingerprint density at radius 2 is 0.980 bits per heavy atom. The smallest absolute Gasteiger partial charge is 0.137 e. The molecule has 5 nitrogen and oxygen atoms in total. The van der Waals surface area contributed by atoms with Gasteiger partial charge in [0.05, 0.1) is 28.3 Å². The maximum Gasteiger partial charge on any atom is 0.137 e. The predicted molar refractivity (Wildman–Crippen MR) is 208 cm³/mol. The Morgan fingerprint density at radius 1 is 0.451 bits per heavy atom. The van der Waals surface area contributed by atoms with E-state index in [1.54, 1.807) is 0 Å². The van der Waals surface area contributed by atoms with Crippen LogP contribution in [0.3, 0.4) is 0 Å². The van der Waals surface area contributed by atoms with E-state index in [9.17, 15) is 0 Å². The molecule has 0 N–H and O–H groups in total. The van der Waals surface area contributed by atoms with Gasteiger partial charge in [-0.05, 0) is 79.8 Å². The average Bonchev–Trinajstić information content (AvgIpc) is 3.85. The summed E-state index contributed by atoms with van der Waals surface area (Å²) in [7, 11) is 0. The zero-order valence-corrected chi connectivity index (χ0v) is 28.4. The summed E-state index contributed by atoms with van der Waals surface area (Å²) in [5.74, 6) is 0. The number of aromatic nitrogens is 5. The third-order valence-electron chi connectivity index (χ3n) is 10.6. The molecule has 51 heavy (non-hydrogen) atoms. The first-order valence-corrected chi connectivity index (χ1v) is 18.1. The molecule has 0 unspecified atom stereocenters. The number of benzene rings is 4. The van der Waals surface area contributed by atoms with E-state index in [2.05, 4.69) is 165 Å². The molecule has 4 aromatic carbocycles. The summed E-state index contributed by atoms with van der Waals surface area (Å²) in [5.41, 5.74) is 15.7. The molecule has 5 heteroatoms. The molecule has 0 spiro atoms. The summed E-state index contributed by atoms with van der Waals surface area (Å²) in [4.78, 5) is 10.7. The highest BCUT2D eigenvalue weighted by Crippen LogP contribution is 2.41. The monoisotopic (exact) mass is 659 g/mol. The van der Waals surface area contributed by atoms with Crippen molar-refractivity contribution in [2.75, 3.05) is 0 Å². The van der Waals surface area contributed by atoms with Crippen LogP contribution < -0.4 is 0 Å². The van der Waals surface area contributed by atoms with Crippen LogP contribution >= 0.6 is 0 Å². The maximum absolute atomic E-state index is 5.35. The molecule has 5 heterocycles. The van der Waals surface area contributed by atoms with Crippen molar-refractivity contribution < 1.29 is 0 Å². The van der Waals surface area contributed by atoms with Gasteiger partial charge in [-0.15, -0.1) is 0 Å². The van der Waals surface area contributed by atoms with Crippen LogP contribution in [-0.2, 0) is 12.8 Å². The van der Waals surface area contributed by atoms with Crippen LogP contribution in [-0.4, -0.2) is 23.3 Å². The second kappa shape index (κ2) is 12.3. The van der Waals surface area contributed by atoms with Gasteiger partial charge in [0.1, 0.15) is 11.3 Å². The summed E-state index contributed by atoms with van der Waals surface area (Å²) in [5, 5.41) is 1.37. The Labute approximate surface area is 297 Å². The van der Waals surface area contributed by atoms with Crippen LogP contribution in [0.5, 0.6) is 0 Å². The lowest BCUT2D eigenvalue weighted by molar-refractivity contribution is 0.608. The molecule has 0 amide bonds. The minimum atomic E-state index is 0.924. The van der Waals surface area contributed by atoms with E-state index in [1.807, 2.05) is 0 Å². The molecule has 0 radical (unpaired) electrons. The SMILES string of the molecule is c1ccc(-c2c(-c3cc(-c4nc5ccccn5c4-c4ccccc4)cc(-n4c5c(c6ccccc64)CCCCCC5)c3)nc3ccccn23)cc1. The molecule has 9 aromatic rings. The van der Waals surface area contributed by atoms with E-state index in [4.69, 9.17) is 9.97 Å². The van der Waals surface area contributed by atoms with Crippen molar-refractivity contribution in [3.05, 3.63) is 163 Å². The number of para-hydroxylation sites is 1. The first-order chi connectivity index (χ1) is 25.3. The summed E-state index contributed by atoms with van der Waals surface area (Å²) in [6.45, 7) is 0. The number of nitrogens with zero attached hydrogens (tertiary/aromatic N) is 5. The van der Waals surface area contributed by atoms with Gasteiger partial charge in [0.25, 0.3) is 0 Å². The predicted octanol–water partition coefficient (Wildman–Crippen LogP) is 11.3. The second-order valence-corrected chi connectivity index (χ2v) is 13.7. The first kappa shape index (κ1) is 29.7. The highest BCUT2D eigenvalue weighted by atomic mass is 15.0. The van der Waals surface area contributed by atoms with E-state index < -0.39 is 0 Å². The van der Waals surface area contributed by atoms with Crippen LogP contribution in [0, 0.1) is 0 Å². The Morgan fingerprint density at radius 3 is 1.59 bits per heavy atom. The summed E-state index contributed by atoms with van der Waals surface area (Å²) in [6.07, 6.45) is 11.4. The lowest BCUT2D eigenvalue weighted by atomic mass is 9.96. The summed E-state index contributed by atoms with van der Waals surface area (Å²) in [6, 6.07) is 49.8. The molecular formula is C46H37N5. The molecule has 0 bridgehead atoms. The minimum absolute atomic E-state index is 0.924. The molecular weight excluding hydrogens is 623 g/mol. The zero-order valence-electron chi connectivity index (χ0n) is 28.4. The first-order valence-electron chi connectivity index (χ1n) is 18.1. The second-order valence-electron chi connectivity index (χ2n) is 13.7. The van der Waals surface area contributed by atoms with Gasteiger partial charge in [0.15, 0.2) is 0 Å². The number of fused-ring (bicyclic) bond motifs is 5. The fourth-order valence-corrected chi connectivity index (χ4v) is 8.30. The maximum atomic E-state index is 5.35. The Balaban J connectivity index is 1.31. The molecule has 0 fully saturated rings. The lowest BCUT2D eigenvalue weighted by Gasteiger charge is -2.17. The molecule has 1 aliphatic rings.